The van der Waals surface area contributed by atoms with Gasteiger partial charge in [-0.2, -0.15) is 0 Å². The van der Waals surface area contributed by atoms with Crippen LogP contribution in [0.4, 0.5) is 5.69 Å². The summed E-state index contributed by atoms with van der Waals surface area (Å²) in [5, 5.41) is 2.95. The predicted molar refractivity (Wildman–Crippen MR) is 105 cm³/mol. The average molecular weight is 456 g/mol. The third kappa shape index (κ3) is 11.0. The standard InChI is InChI=1S/C14H24N4O3S.HI/c1-11(2)10-17-14(15)16-7-8-21-13-6-4-5-12(9-13)18-22(3,19)20;/h4-6,9,11,18H,7-8,10H2,1-3H3,(H3,15,16,17);1H. The first-order chi connectivity index (χ1) is 10.3. The van der Waals surface area contributed by atoms with E-state index in [-0.39, 0.29) is 24.0 Å². The number of sulfonamides is 1. The van der Waals surface area contributed by atoms with E-state index < -0.39 is 10.0 Å². The molecule has 0 aliphatic rings. The Morgan fingerprint density at radius 2 is 2.09 bits per heavy atom. The van der Waals surface area contributed by atoms with E-state index in [1.807, 2.05) is 0 Å². The number of aliphatic imine (C=N–C) groups is 1. The second kappa shape index (κ2) is 10.5. The number of hydrogen-bond acceptors (Lipinski definition) is 4. The number of guanidine groups is 1. The molecule has 1 aromatic rings. The second-order valence-electron chi connectivity index (χ2n) is 5.30. The van der Waals surface area contributed by atoms with E-state index in [0.717, 1.165) is 6.26 Å². The summed E-state index contributed by atoms with van der Waals surface area (Å²) in [6.45, 7) is 5.71. The van der Waals surface area contributed by atoms with Gasteiger partial charge in [0.1, 0.15) is 12.4 Å². The van der Waals surface area contributed by atoms with Crippen molar-refractivity contribution in [1.82, 2.24) is 5.32 Å². The molecule has 0 radical (unpaired) electrons. The molecule has 7 nitrogen and oxygen atoms in total. The fraction of sp³-hybridized carbons (Fsp3) is 0.500. The molecule has 0 unspecified atom stereocenters. The van der Waals surface area contributed by atoms with Gasteiger partial charge in [0.15, 0.2) is 5.96 Å². The van der Waals surface area contributed by atoms with Gasteiger partial charge in [0.05, 0.1) is 18.5 Å². The van der Waals surface area contributed by atoms with E-state index in [9.17, 15) is 8.42 Å². The lowest BCUT2D eigenvalue weighted by atomic mass is 10.2. The van der Waals surface area contributed by atoms with Gasteiger partial charge in [-0.25, -0.2) is 8.42 Å². The third-order valence-electron chi connectivity index (χ3n) is 2.44. The zero-order chi connectivity index (χ0) is 16.6. The molecule has 0 fully saturated rings. The number of rotatable bonds is 8. The van der Waals surface area contributed by atoms with Crippen LogP contribution in [0.3, 0.4) is 0 Å². The van der Waals surface area contributed by atoms with Crippen molar-refractivity contribution in [3.05, 3.63) is 24.3 Å². The van der Waals surface area contributed by atoms with Gasteiger partial charge in [0.25, 0.3) is 0 Å². The van der Waals surface area contributed by atoms with E-state index in [1.54, 1.807) is 24.3 Å². The summed E-state index contributed by atoms with van der Waals surface area (Å²) in [7, 11) is -3.29. The van der Waals surface area contributed by atoms with E-state index in [1.165, 1.54) is 0 Å². The summed E-state index contributed by atoms with van der Waals surface area (Å²) >= 11 is 0. The second-order valence-corrected chi connectivity index (χ2v) is 7.05. The maximum absolute atomic E-state index is 11.2. The summed E-state index contributed by atoms with van der Waals surface area (Å²) in [4.78, 5) is 4.17. The molecule has 0 saturated heterocycles. The Hall–Kier alpha value is -1.23. The highest BCUT2D eigenvalue weighted by Gasteiger charge is 2.03. The fourth-order valence-electron chi connectivity index (χ4n) is 1.55. The number of ether oxygens (including phenoxy) is 1. The van der Waals surface area contributed by atoms with Gasteiger partial charge in [-0.15, -0.1) is 24.0 Å². The van der Waals surface area contributed by atoms with Crippen molar-refractivity contribution < 1.29 is 13.2 Å². The van der Waals surface area contributed by atoms with Crippen LogP contribution in [-0.4, -0.2) is 40.3 Å². The first-order valence-corrected chi connectivity index (χ1v) is 8.90. The molecule has 23 heavy (non-hydrogen) atoms. The SMILES string of the molecule is CC(C)CN=C(N)NCCOc1cccc(NS(C)(=O)=O)c1.I. The van der Waals surface area contributed by atoms with Crippen molar-refractivity contribution in [2.75, 3.05) is 30.7 Å². The number of hydrogen-bond donors (Lipinski definition) is 3. The van der Waals surface area contributed by atoms with Crippen molar-refractivity contribution in [2.45, 2.75) is 13.8 Å². The Kier molecular flexibility index (Phi) is 9.96. The Labute approximate surface area is 155 Å². The van der Waals surface area contributed by atoms with Crippen LogP contribution in [-0.2, 0) is 10.0 Å². The zero-order valence-electron chi connectivity index (χ0n) is 13.6. The smallest absolute Gasteiger partial charge is 0.229 e. The van der Waals surface area contributed by atoms with E-state index >= 15 is 0 Å². The topological polar surface area (TPSA) is 106 Å². The lowest BCUT2D eigenvalue weighted by Gasteiger charge is -2.10. The van der Waals surface area contributed by atoms with Crippen LogP contribution in [0, 0.1) is 5.92 Å². The largest absolute Gasteiger partial charge is 0.492 e. The molecule has 0 aliphatic carbocycles. The third-order valence-corrected chi connectivity index (χ3v) is 3.05. The Bertz CT molecular complexity index is 606. The molecule has 0 saturated carbocycles. The number of nitrogens with one attached hydrogen (secondary N) is 2. The lowest BCUT2D eigenvalue weighted by molar-refractivity contribution is 0.322. The molecule has 1 rings (SSSR count). The minimum Gasteiger partial charge on any atom is -0.492 e. The fourth-order valence-corrected chi connectivity index (χ4v) is 2.10. The van der Waals surface area contributed by atoms with Crippen LogP contribution >= 0.6 is 24.0 Å². The predicted octanol–water partition coefficient (Wildman–Crippen LogP) is 1.62. The summed E-state index contributed by atoms with van der Waals surface area (Å²) in [6, 6.07) is 6.75. The number of benzene rings is 1. The maximum Gasteiger partial charge on any atom is 0.229 e. The summed E-state index contributed by atoms with van der Waals surface area (Å²) in [5.41, 5.74) is 6.17. The molecule has 0 spiro atoms. The Morgan fingerprint density at radius 3 is 2.70 bits per heavy atom. The average Bonchev–Trinajstić information content (AvgIpc) is 2.40. The number of anilines is 1. The minimum atomic E-state index is -3.29. The monoisotopic (exact) mass is 456 g/mol. The number of nitrogens with zero attached hydrogens (tertiary/aromatic N) is 1. The van der Waals surface area contributed by atoms with Crippen LogP contribution in [0.2, 0.25) is 0 Å². The van der Waals surface area contributed by atoms with Crippen molar-refractivity contribution in [3.8, 4) is 5.75 Å². The van der Waals surface area contributed by atoms with Gasteiger partial charge in [-0.3, -0.25) is 9.71 Å². The molecule has 0 atom stereocenters. The Morgan fingerprint density at radius 1 is 1.39 bits per heavy atom. The normalized spacial score (nSPS) is 11.7. The molecular weight excluding hydrogens is 431 g/mol. The molecule has 0 aromatic heterocycles. The molecule has 4 N–H and O–H groups in total. The highest BCUT2D eigenvalue weighted by Crippen LogP contribution is 2.17. The molecule has 9 heteroatoms. The van der Waals surface area contributed by atoms with E-state index in [0.29, 0.717) is 43.0 Å². The van der Waals surface area contributed by atoms with E-state index in [2.05, 4.69) is 28.9 Å². The molecule has 0 heterocycles. The van der Waals surface area contributed by atoms with Gasteiger partial charge >= 0.3 is 0 Å². The zero-order valence-corrected chi connectivity index (χ0v) is 16.7. The molecular formula is C14H25IN4O3S. The quantitative estimate of drug-likeness (QED) is 0.239. The van der Waals surface area contributed by atoms with Gasteiger partial charge in [0, 0.05) is 12.6 Å². The van der Waals surface area contributed by atoms with Crippen molar-refractivity contribution >= 4 is 45.6 Å². The highest BCUT2D eigenvalue weighted by atomic mass is 127. The molecule has 0 aliphatic heterocycles. The van der Waals surface area contributed by atoms with Crippen molar-refractivity contribution in [1.29, 1.82) is 0 Å². The van der Waals surface area contributed by atoms with Crippen molar-refractivity contribution in [3.63, 3.8) is 0 Å². The highest BCUT2D eigenvalue weighted by molar-refractivity contribution is 14.0. The molecule has 132 valence electrons. The molecule has 0 bridgehead atoms. The first kappa shape index (κ1) is 21.8. The minimum absolute atomic E-state index is 0. The summed E-state index contributed by atoms with van der Waals surface area (Å²) in [5.74, 6) is 1.43. The van der Waals surface area contributed by atoms with Crippen LogP contribution in [0.1, 0.15) is 13.8 Å². The molecule has 0 amide bonds. The van der Waals surface area contributed by atoms with Gasteiger partial charge in [-0.1, -0.05) is 19.9 Å². The van der Waals surface area contributed by atoms with Crippen LogP contribution < -0.4 is 20.5 Å². The van der Waals surface area contributed by atoms with Crippen molar-refractivity contribution in [2.24, 2.45) is 16.6 Å². The van der Waals surface area contributed by atoms with Gasteiger partial charge in [0.2, 0.25) is 10.0 Å². The first-order valence-electron chi connectivity index (χ1n) is 7.00. The maximum atomic E-state index is 11.2. The van der Waals surface area contributed by atoms with Crippen LogP contribution in [0.5, 0.6) is 5.75 Å². The Balaban J connectivity index is 0.00000484. The molecule has 1 aromatic carbocycles. The van der Waals surface area contributed by atoms with Crippen LogP contribution in [0.25, 0.3) is 0 Å². The van der Waals surface area contributed by atoms with Gasteiger partial charge in [-0.05, 0) is 18.1 Å². The number of halogens is 1. The summed E-state index contributed by atoms with van der Waals surface area (Å²) in [6.07, 6.45) is 1.10. The van der Waals surface area contributed by atoms with E-state index in [4.69, 9.17) is 10.5 Å². The lowest BCUT2D eigenvalue weighted by Crippen LogP contribution is -2.35. The van der Waals surface area contributed by atoms with Gasteiger partial charge < -0.3 is 15.8 Å². The van der Waals surface area contributed by atoms with Crippen LogP contribution in [0.15, 0.2) is 29.3 Å². The number of nitrogens with two attached hydrogens (primary N) is 1. The summed E-state index contributed by atoms with van der Waals surface area (Å²) < 4.78 is 30.3.